The van der Waals surface area contributed by atoms with Crippen molar-refractivity contribution in [1.29, 1.82) is 0 Å². The van der Waals surface area contributed by atoms with Crippen LogP contribution in [0.25, 0.3) is 0 Å². The molecule has 1 saturated carbocycles. The van der Waals surface area contributed by atoms with E-state index in [0.29, 0.717) is 5.41 Å². The molecule has 1 atom stereocenters. The molecule has 2 fully saturated rings. The van der Waals surface area contributed by atoms with Crippen LogP contribution in [0.3, 0.4) is 0 Å². The fourth-order valence-electron chi connectivity index (χ4n) is 2.70. The minimum absolute atomic E-state index is 0.0294. The molecule has 1 aliphatic heterocycles. The molecule has 0 radical (unpaired) electrons. The highest BCUT2D eigenvalue weighted by molar-refractivity contribution is 7.15. The number of nitrogens with zero attached hydrogens (tertiary/aromatic N) is 2. The van der Waals surface area contributed by atoms with Crippen molar-refractivity contribution < 1.29 is 4.79 Å². The van der Waals surface area contributed by atoms with Crippen LogP contribution in [-0.2, 0) is 4.79 Å². The maximum Gasteiger partial charge on any atom is 0.243 e. The quantitative estimate of drug-likeness (QED) is 0.873. The van der Waals surface area contributed by atoms with E-state index in [1.54, 1.807) is 6.20 Å². The van der Waals surface area contributed by atoms with E-state index >= 15 is 0 Å². The van der Waals surface area contributed by atoms with E-state index in [4.69, 9.17) is 0 Å². The number of carbonyl (C=O) groups is 1. The molecule has 5 heteroatoms. The Bertz CT molecular complexity index is 452. The second-order valence-electron chi connectivity index (χ2n) is 5.40. The summed E-state index contributed by atoms with van der Waals surface area (Å²) < 4.78 is 0. The van der Waals surface area contributed by atoms with Crippen molar-refractivity contribution in [2.45, 2.75) is 32.2 Å². The van der Waals surface area contributed by atoms with Crippen LogP contribution in [0.1, 0.15) is 24.1 Å². The van der Waals surface area contributed by atoms with Crippen LogP contribution in [0.15, 0.2) is 6.20 Å². The zero-order valence-corrected chi connectivity index (χ0v) is 11.0. The number of likely N-dealkylation sites (tertiary alicyclic amines) is 1. The summed E-state index contributed by atoms with van der Waals surface area (Å²) in [7, 11) is 2.05. The van der Waals surface area contributed by atoms with E-state index in [9.17, 15) is 4.79 Å². The molecule has 4 nitrogen and oxygen atoms in total. The Hall–Kier alpha value is -0.940. The van der Waals surface area contributed by atoms with Gasteiger partial charge in [-0.1, -0.05) is 0 Å². The molecular formula is C12H17N3OS. The molecule has 2 heterocycles. The Kier molecular flexibility index (Phi) is 2.48. The van der Waals surface area contributed by atoms with Gasteiger partial charge in [0, 0.05) is 17.6 Å². The van der Waals surface area contributed by atoms with Crippen molar-refractivity contribution in [3.8, 4) is 0 Å². The molecule has 92 valence electrons. The van der Waals surface area contributed by atoms with Gasteiger partial charge in [0.1, 0.15) is 0 Å². The number of rotatable bonds is 2. The van der Waals surface area contributed by atoms with Crippen LogP contribution in [0.5, 0.6) is 0 Å². The molecule has 1 aliphatic carbocycles. The highest BCUT2D eigenvalue weighted by Crippen LogP contribution is 2.54. The first-order valence-corrected chi connectivity index (χ1v) is 6.83. The summed E-state index contributed by atoms with van der Waals surface area (Å²) in [6, 6.07) is 0.0294. The topological polar surface area (TPSA) is 45.2 Å². The first kappa shape index (κ1) is 11.2. The molecule has 1 aromatic heterocycles. The van der Waals surface area contributed by atoms with E-state index in [1.165, 1.54) is 24.2 Å². The molecule has 1 aromatic rings. The highest BCUT2D eigenvalue weighted by atomic mass is 32.1. The standard InChI is InChI=1S/C12H17N3OS/c1-8-6-13-11(17-8)14-10(16)9-5-12(3-4-12)7-15(9)2/h6,9H,3-5,7H2,1-2H3,(H,13,14,16). The Morgan fingerprint density at radius 1 is 1.65 bits per heavy atom. The Balaban J connectivity index is 1.66. The van der Waals surface area contributed by atoms with E-state index in [-0.39, 0.29) is 11.9 Å². The van der Waals surface area contributed by atoms with Crippen molar-refractivity contribution in [3.05, 3.63) is 11.1 Å². The van der Waals surface area contributed by atoms with Crippen LogP contribution in [0.2, 0.25) is 0 Å². The number of likely N-dealkylation sites (N-methyl/N-ethyl adjacent to an activating group) is 1. The summed E-state index contributed by atoms with van der Waals surface area (Å²) in [6.07, 6.45) is 5.38. The highest BCUT2D eigenvalue weighted by Gasteiger charge is 2.52. The second kappa shape index (κ2) is 3.78. The molecule has 0 bridgehead atoms. The summed E-state index contributed by atoms with van der Waals surface area (Å²) in [4.78, 5) is 19.6. The Morgan fingerprint density at radius 3 is 2.94 bits per heavy atom. The predicted octanol–water partition coefficient (Wildman–Crippen LogP) is 1.87. The maximum absolute atomic E-state index is 12.2. The monoisotopic (exact) mass is 251 g/mol. The number of amides is 1. The van der Waals surface area contributed by atoms with Crippen LogP contribution in [0.4, 0.5) is 5.13 Å². The van der Waals surface area contributed by atoms with Gasteiger partial charge in [-0.15, -0.1) is 11.3 Å². The van der Waals surface area contributed by atoms with Crippen LogP contribution in [-0.4, -0.2) is 35.4 Å². The molecule has 3 rings (SSSR count). The third kappa shape index (κ3) is 2.09. The van der Waals surface area contributed by atoms with Crippen LogP contribution in [0, 0.1) is 12.3 Å². The number of aromatic nitrogens is 1. The number of carbonyl (C=O) groups excluding carboxylic acids is 1. The van der Waals surface area contributed by atoms with Crippen molar-refractivity contribution >= 4 is 22.4 Å². The Morgan fingerprint density at radius 2 is 2.41 bits per heavy atom. The molecule has 17 heavy (non-hydrogen) atoms. The first-order chi connectivity index (χ1) is 8.08. The molecule has 2 aliphatic rings. The van der Waals surface area contributed by atoms with Crippen molar-refractivity contribution in [2.75, 3.05) is 18.9 Å². The lowest BCUT2D eigenvalue weighted by Gasteiger charge is -2.17. The maximum atomic E-state index is 12.2. The zero-order chi connectivity index (χ0) is 12.0. The third-order valence-corrected chi connectivity index (χ3v) is 4.68. The lowest BCUT2D eigenvalue weighted by atomic mass is 10.0. The van der Waals surface area contributed by atoms with Crippen molar-refractivity contribution in [3.63, 3.8) is 0 Å². The Labute approximate surface area is 105 Å². The van der Waals surface area contributed by atoms with Gasteiger partial charge in [0.2, 0.25) is 5.91 Å². The SMILES string of the molecule is Cc1cnc(NC(=O)C2CC3(CC3)CN2C)s1. The normalized spacial score (nSPS) is 26.4. The van der Waals surface area contributed by atoms with E-state index < -0.39 is 0 Å². The lowest BCUT2D eigenvalue weighted by molar-refractivity contribution is -0.120. The number of aryl methyl sites for hydroxylation is 1. The molecule has 1 spiro atoms. The molecule has 1 N–H and O–H groups in total. The zero-order valence-electron chi connectivity index (χ0n) is 10.2. The smallest absolute Gasteiger partial charge is 0.243 e. The second-order valence-corrected chi connectivity index (χ2v) is 6.64. The average molecular weight is 251 g/mol. The minimum Gasteiger partial charge on any atom is -0.301 e. The van der Waals surface area contributed by atoms with E-state index in [1.807, 2.05) is 14.0 Å². The predicted molar refractivity (Wildman–Crippen MR) is 68.2 cm³/mol. The van der Waals surface area contributed by atoms with Gasteiger partial charge in [-0.2, -0.15) is 0 Å². The summed E-state index contributed by atoms with van der Waals surface area (Å²) in [6.45, 7) is 3.07. The van der Waals surface area contributed by atoms with Gasteiger partial charge in [-0.05, 0) is 38.6 Å². The van der Waals surface area contributed by atoms with E-state index in [0.717, 1.165) is 23.0 Å². The minimum atomic E-state index is 0.0294. The third-order valence-electron chi connectivity index (χ3n) is 3.85. The summed E-state index contributed by atoms with van der Waals surface area (Å²) in [5, 5.41) is 3.65. The molecule has 1 amide bonds. The van der Waals surface area contributed by atoms with Crippen molar-refractivity contribution in [1.82, 2.24) is 9.88 Å². The molecule has 0 aromatic carbocycles. The number of thiazole rings is 1. The van der Waals surface area contributed by atoms with Gasteiger partial charge < -0.3 is 5.32 Å². The number of hydrogen-bond donors (Lipinski definition) is 1. The summed E-state index contributed by atoms with van der Waals surface area (Å²) in [5.74, 6) is 0.102. The van der Waals surface area contributed by atoms with Gasteiger partial charge >= 0.3 is 0 Å². The lowest BCUT2D eigenvalue weighted by Crippen LogP contribution is -2.37. The van der Waals surface area contributed by atoms with Gasteiger partial charge in [-0.25, -0.2) is 4.98 Å². The van der Waals surface area contributed by atoms with Gasteiger partial charge in [0.15, 0.2) is 5.13 Å². The largest absolute Gasteiger partial charge is 0.301 e. The molecule has 1 unspecified atom stereocenters. The number of nitrogens with one attached hydrogen (secondary N) is 1. The fraction of sp³-hybridized carbons (Fsp3) is 0.667. The number of hydrogen-bond acceptors (Lipinski definition) is 4. The summed E-state index contributed by atoms with van der Waals surface area (Å²) >= 11 is 1.53. The fourth-order valence-corrected chi connectivity index (χ4v) is 3.37. The average Bonchev–Trinajstić information content (AvgIpc) is 2.75. The van der Waals surface area contributed by atoms with Gasteiger partial charge in [0.05, 0.1) is 6.04 Å². The van der Waals surface area contributed by atoms with E-state index in [2.05, 4.69) is 15.2 Å². The van der Waals surface area contributed by atoms with Crippen LogP contribution < -0.4 is 5.32 Å². The van der Waals surface area contributed by atoms with Gasteiger partial charge in [-0.3, -0.25) is 9.69 Å². The molecular weight excluding hydrogens is 234 g/mol. The first-order valence-electron chi connectivity index (χ1n) is 6.02. The van der Waals surface area contributed by atoms with Gasteiger partial charge in [0.25, 0.3) is 0 Å². The molecule has 1 saturated heterocycles. The summed E-state index contributed by atoms with van der Waals surface area (Å²) in [5.41, 5.74) is 0.468. The van der Waals surface area contributed by atoms with Crippen LogP contribution >= 0.6 is 11.3 Å². The number of anilines is 1. The van der Waals surface area contributed by atoms with Crippen molar-refractivity contribution in [2.24, 2.45) is 5.41 Å².